The lowest BCUT2D eigenvalue weighted by Crippen LogP contribution is -2.42. The summed E-state index contributed by atoms with van der Waals surface area (Å²) in [6, 6.07) is 0. The molecule has 4 nitrogen and oxygen atoms in total. The number of nitrogens with one attached hydrogen (secondary N) is 2. The van der Waals surface area contributed by atoms with E-state index >= 15 is 0 Å². The van der Waals surface area contributed by atoms with E-state index in [9.17, 15) is 0 Å². The first-order chi connectivity index (χ1) is 6.84. The third-order valence-electron chi connectivity index (χ3n) is 1.96. The molecule has 0 amide bonds. The average Bonchev–Trinajstić information content (AvgIpc) is 2.63. The van der Waals surface area contributed by atoms with Gasteiger partial charge in [0.25, 0.3) is 0 Å². The van der Waals surface area contributed by atoms with Gasteiger partial charge in [0.15, 0.2) is 5.13 Å². The second-order valence-electron chi connectivity index (χ2n) is 3.05. The SMILES string of the molecule is Clc1csc(NCC2CNCCO2)n1. The van der Waals surface area contributed by atoms with Gasteiger partial charge < -0.3 is 15.4 Å². The quantitative estimate of drug-likeness (QED) is 0.824. The number of hydrogen-bond acceptors (Lipinski definition) is 5. The van der Waals surface area contributed by atoms with Crippen molar-refractivity contribution in [1.82, 2.24) is 10.3 Å². The molecular formula is C8H12ClN3OS. The highest BCUT2D eigenvalue weighted by molar-refractivity contribution is 7.14. The topological polar surface area (TPSA) is 46.2 Å². The Morgan fingerprint density at radius 3 is 3.36 bits per heavy atom. The number of aromatic nitrogens is 1. The van der Waals surface area contributed by atoms with Crippen LogP contribution < -0.4 is 10.6 Å². The van der Waals surface area contributed by atoms with Gasteiger partial charge in [-0.25, -0.2) is 4.98 Å². The lowest BCUT2D eigenvalue weighted by molar-refractivity contribution is 0.0372. The molecule has 2 heterocycles. The van der Waals surface area contributed by atoms with Crippen molar-refractivity contribution in [1.29, 1.82) is 0 Å². The Kier molecular flexibility index (Phi) is 3.58. The van der Waals surface area contributed by atoms with Crippen LogP contribution in [0.2, 0.25) is 5.15 Å². The normalized spacial score (nSPS) is 22.2. The molecular weight excluding hydrogens is 222 g/mol. The van der Waals surface area contributed by atoms with Gasteiger partial charge in [0.2, 0.25) is 0 Å². The predicted molar refractivity (Wildman–Crippen MR) is 58.2 cm³/mol. The summed E-state index contributed by atoms with van der Waals surface area (Å²) in [7, 11) is 0. The number of ether oxygens (including phenoxy) is 1. The molecule has 1 aliphatic heterocycles. The van der Waals surface area contributed by atoms with Gasteiger partial charge in [0.1, 0.15) is 5.15 Å². The lowest BCUT2D eigenvalue weighted by atomic mass is 10.3. The second-order valence-corrected chi connectivity index (χ2v) is 4.30. The molecule has 0 aromatic carbocycles. The molecule has 1 atom stereocenters. The fraction of sp³-hybridized carbons (Fsp3) is 0.625. The molecule has 0 bridgehead atoms. The standard InChI is InChI=1S/C8H12ClN3OS/c9-7-5-14-8(12-7)11-4-6-3-10-1-2-13-6/h5-6,10H,1-4H2,(H,11,12). The summed E-state index contributed by atoms with van der Waals surface area (Å²) in [5, 5.41) is 9.66. The number of rotatable bonds is 3. The Morgan fingerprint density at radius 1 is 1.79 bits per heavy atom. The van der Waals surface area contributed by atoms with E-state index in [0.29, 0.717) is 5.15 Å². The van der Waals surface area contributed by atoms with Gasteiger partial charge >= 0.3 is 0 Å². The molecule has 0 saturated carbocycles. The Labute approximate surface area is 91.6 Å². The van der Waals surface area contributed by atoms with Gasteiger partial charge in [-0.3, -0.25) is 0 Å². The number of thiazole rings is 1. The largest absolute Gasteiger partial charge is 0.374 e. The molecule has 78 valence electrons. The second kappa shape index (κ2) is 4.93. The van der Waals surface area contributed by atoms with Gasteiger partial charge in [-0.15, -0.1) is 11.3 Å². The van der Waals surface area contributed by atoms with E-state index in [4.69, 9.17) is 16.3 Å². The van der Waals surface area contributed by atoms with Crippen LogP contribution in [0.25, 0.3) is 0 Å². The number of hydrogen-bond donors (Lipinski definition) is 2. The van der Waals surface area contributed by atoms with E-state index in [0.717, 1.165) is 31.4 Å². The smallest absolute Gasteiger partial charge is 0.184 e. The van der Waals surface area contributed by atoms with Crippen LogP contribution in [0.15, 0.2) is 5.38 Å². The van der Waals surface area contributed by atoms with Gasteiger partial charge in [-0.1, -0.05) is 11.6 Å². The fourth-order valence-corrected chi connectivity index (χ4v) is 2.13. The van der Waals surface area contributed by atoms with Crippen molar-refractivity contribution in [3.8, 4) is 0 Å². The first-order valence-electron chi connectivity index (χ1n) is 4.52. The molecule has 1 aromatic rings. The lowest BCUT2D eigenvalue weighted by Gasteiger charge is -2.23. The molecule has 0 radical (unpaired) electrons. The molecule has 2 N–H and O–H groups in total. The summed E-state index contributed by atoms with van der Waals surface area (Å²) >= 11 is 7.21. The molecule has 0 spiro atoms. The van der Waals surface area contributed by atoms with Gasteiger partial charge in [-0.05, 0) is 0 Å². The minimum atomic E-state index is 0.228. The van der Waals surface area contributed by atoms with Crippen molar-refractivity contribution >= 4 is 28.1 Å². The number of halogens is 1. The van der Waals surface area contributed by atoms with E-state index in [1.165, 1.54) is 11.3 Å². The van der Waals surface area contributed by atoms with Crippen LogP contribution in [-0.2, 0) is 4.74 Å². The third kappa shape index (κ3) is 2.81. The highest BCUT2D eigenvalue weighted by Gasteiger charge is 2.13. The minimum absolute atomic E-state index is 0.228. The first kappa shape index (κ1) is 10.2. The molecule has 2 rings (SSSR count). The molecule has 1 fully saturated rings. The zero-order valence-corrected chi connectivity index (χ0v) is 9.20. The number of anilines is 1. The molecule has 1 unspecified atom stereocenters. The zero-order valence-electron chi connectivity index (χ0n) is 7.62. The van der Waals surface area contributed by atoms with Gasteiger partial charge in [-0.2, -0.15) is 0 Å². The van der Waals surface area contributed by atoms with Crippen LogP contribution in [-0.4, -0.2) is 37.3 Å². The predicted octanol–water partition coefficient (Wildman–Crippen LogP) is 1.20. The fourth-order valence-electron chi connectivity index (χ4n) is 1.29. The summed E-state index contributed by atoms with van der Waals surface area (Å²) in [5.41, 5.74) is 0. The van der Waals surface area contributed by atoms with E-state index in [2.05, 4.69) is 15.6 Å². The van der Waals surface area contributed by atoms with Crippen molar-refractivity contribution in [2.24, 2.45) is 0 Å². The van der Waals surface area contributed by atoms with E-state index in [-0.39, 0.29) is 6.10 Å². The highest BCUT2D eigenvalue weighted by atomic mass is 35.5. The maximum Gasteiger partial charge on any atom is 0.184 e. The molecule has 6 heteroatoms. The Balaban J connectivity index is 1.76. The van der Waals surface area contributed by atoms with Crippen molar-refractivity contribution in [2.45, 2.75) is 6.10 Å². The Hall–Kier alpha value is -0.360. The maximum absolute atomic E-state index is 5.70. The van der Waals surface area contributed by atoms with Crippen molar-refractivity contribution < 1.29 is 4.74 Å². The first-order valence-corrected chi connectivity index (χ1v) is 5.77. The van der Waals surface area contributed by atoms with Crippen LogP contribution in [0.5, 0.6) is 0 Å². The van der Waals surface area contributed by atoms with Crippen LogP contribution in [0.3, 0.4) is 0 Å². The maximum atomic E-state index is 5.70. The van der Waals surface area contributed by atoms with E-state index < -0.39 is 0 Å². The summed E-state index contributed by atoms with van der Waals surface area (Å²) in [6.45, 7) is 3.40. The molecule has 14 heavy (non-hydrogen) atoms. The Morgan fingerprint density at radius 2 is 2.71 bits per heavy atom. The van der Waals surface area contributed by atoms with E-state index in [1.54, 1.807) is 0 Å². The zero-order chi connectivity index (χ0) is 9.80. The van der Waals surface area contributed by atoms with Crippen molar-refractivity contribution in [3.63, 3.8) is 0 Å². The van der Waals surface area contributed by atoms with Gasteiger partial charge in [0, 0.05) is 25.0 Å². The van der Waals surface area contributed by atoms with Crippen LogP contribution in [0, 0.1) is 0 Å². The molecule has 0 aliphatic carbocycles. The molecule has 1 aromatic heterocycles. The average molecular weight is 234 g/mol. The van der Waals surface area contributed by atoms with Crippen molar-refractivity contribution in [2.75, 3.05) is 31.6 Å². The summed E-state index contributed by atoms with van der Waals surface area (Å²) in [4.78, 5) is 4.09. The van der Waals surface area contributed by atoms with Crippen LogP contribution in [0.1, 0.15) is 0 Å². The van der Waals surface area contributed by atoms with Crippen LogP contribution >= 0.6 is 22.9 Å². The monoisotopic (exact) mass is 233 g/mol. The summed E-state index contributed by atoms with van der Waals surface area (Å²) < 4.78 is 5.53. The summed E-state index contributed by atoms with van der Waals surface area (Å²) in [6.07, 6.45) is 0.228. The van der Waals surface area contributed by atoms with Crippen LogP contribution in [0.4, 0.5) is 5.13 Å². The summed E-state index contributed by atoms with van der Waals surface area (Å²) in [5.74, 6) is 0. The van der Waals surface area contributed by atoms with Crippen molar-refractivity contribution in [3.05, 3.63) is 10.5 Å². The molecule has 1 saturated heterocycles. The molecule has 1 aliphatic rings. The third-order valence-corrected chi connectivity index (χ3v) is 3.08. The highest BCUT2D eigenvalue weighted by Crippen LogP contribution is 2.18. The van der Waals surface area contributed by atoms with E-state index in [1.807, 2.05) is 5.38 Å². The number of nitrogens with zero attached hydrogens (tertiary/aromatic N) is 1. The Bertz CT molecular complexity index is 288. The van der Waals surface area contributed by atoms with Gasteiger partial charge in [0.05, 0.1) is 12.7 Å². The number of morpholine rings is 1. The minimum Gasteiger partial charge on any atom is -0.374 e.